The van der Waals surface area contributed by atoms with E-state index in [1.165, 1.54) is 6.07 Å². The number of nitrogens with zero attached hydrogens (tertiary/aromatic N) is 1. The number of halogens is 2. The fourth-order valence-electron chi connectivity index (χ4n) is 2.86. The number of aryl methyl sites for hydroxylation is 1. The number of rotatable bonds is 5. The third-order valence-corrected chi connectivity index (χ3v) is 4.58. The van der Waals surface area contributed by atoms with Crippen molar-refractivity contribution in [2.24, 2.45) is 0 Å². The summed E-state index contributed by atoms with van der Waals surface area (Å²) in [6, 6.07) is 13.0. The standard InChI is InChI=1S/C19H16BrFN2O3/c1-11-17(18(23-26-11)12-6-8-14(20)9-7-12)16(22-19(24)25)10-13-4-2-3-5-15(13)21/h2-9,16,22H,10H2,1H3,(H,24,25)/t16-/m1/s1. The van der Waals surface area contributed by atoms with Gasteiger partial charge in [-0.05, 0) is 30.7 Å². The van der Waals surface area contributed by atoms with Gasteiger partial charge < -0.3 is 14.9 Å². The average Bonchev–Trinajstić information content (AvgIpc) is 2.98. The number of carbonyl (C=O) groups is 1. The molecule has 7 heteroatoms. The number of carboxylic acid groups (broad SMARTS) is 1. The maximum absolute atomic E-state index is 14.1. The molecular weight excluding hydrogens is 403 g/mol. The summed E-state index contributed by atoms with van der Waals surface area (Å²) in [6.07, 6.45) is -1.06. The normalized spacial score (nSPS) is 12.0. The minimum absolute atomic E-state index is 0.143. The van der Waals surface area contributed by atoms with E-state index in [0.717, 1.165) is 10.0 Å². The molecule has 0 unspecified atom stereocenters. The molecule has 1 atom stereocenters. The summed E-state index contributed by atoms with van der Waals surface area (Å²) in [4.78, 5) is 11.3. The third kappa shape index (κ3) is 3.94. The Morgan fingerprint density at radius 3 is 2.62 bits per heavy atom. The fourth-order valence-corrected chi connectivity index (χ4v) is 3.13. The summed E-state index contributed by atoms with van der Waals surface area (Å²) in [7, 11) is 0. The van der Waals surface area contributed by atoms with Gasteiger partial charge in [-0.1, -0.05) is 51.4 Å². The molecule has 0 aliphatic carbocycles. The lowest BCUT2D eigenvalue weighted by atomic mass is 9.94. The van der Waals surface area contributed by atoms with Crippen LogP contribution in [0.4, 0.5) is 9.18 Å². The smallest absolute Gasteiger partial charge is 0.405 e. The van der Waals surface area contributed by atoms with Gasteiger partial charge in [-0.15, -0.1) is 0 Å². The fraction of sp³-hybridized carbons (Fsp3) is 0.158. The van der Waals surface area contributed by atoms with Crippen molar-refractivity contribution in [2.45, 2.75) is 19.4 Å². The van der Waals surface area contributed by atoms with Crippen LogP contribution in [0.3, 0.4) is 0 Å². The molecule has 1 amide bonds. The van der Waals surface area contributed by atoms with Crippen molar-refractivity contribution in [3.8, 4) is 11.3 Å². The minimum Gasteiger partial charge on any atom is -0.465 e. The summed E-state index contributed by atoms with van der Waals surface area (Å²) in [5.74, 6) is 0.0991. The van der Waals surface area contributed by atoms with Gasteiger partial charge in [0, 0.05) is 22.0 Å². The molecule has 5 nitrogen and oxygen atoms in total. The van der Waals surface area contributed by atoms with E-state index in [0.29, 0.717) is 22.6 Å². The lowest BCUT2D eigenvalue weighted by Gasteiger charge is -2.18. The number of hydrogen-bond acceptors (Lipinski definition) is 3. The van der Waals surface area contributed by atoms with Gasteiger partial charge in [0.2, 0.25) is 0 Å². The molecule has 0 radical (unpaired) electrons. The summed E-state index contributed by atoms with van der Waals surface area (Å²) >= 11 is 3.38. The molecule has 0 bridgehead atoms. The number of aromatic nitrogens is 1. The first-order chi connectivity index (χ1) is 12.5. The first-order valence-electron chi connectivity index (χ1n) is 7.90. The molecular formula is C19H16BrFN2O3. The van der Waals surface area contributed by atoms with Gasteiger partial charge in [-0.25, -0.2) is 9.18 Å². The van der Waals surface area contributed by atoms with Crippen LogP contribution in [0.5, 0.6) is 0 Å². The molecule has 0 saturated carbocycles. The van der Waals surface area contributed by atoms with Crippen molar-refractivity contribution < 1.29 is 18.8 Å². The maximum Gasteiger partial charge on any atom is 0.405 e. The van der Waals surface area contributed by atoms with Crippen LogP contribution < -0.4 is 5.32 Å². The van der Waals surface area contributed by atoms with Crippen LogP contribution in [0.15, 0.2) is 57.5 Å². The SMILES string of the molecule is Cc1onc(-c2ccc(Br)cc2)c1[C@@H](Cc1ccccc1F)NC(=O)O. The van der Waals surface area contributed by atoms with Crippen LogP contribution in [-0.4, -0.2) is 16.4 Å². The number of amides is 1. The van der Waals surface area contributed by atoms with E-state index in [-0.39, 0.29) is 12.2 Å². The summed E-state index contributed by atoms with van der Waals surface area (Å²) in [5, 5.41) is 15.8. The van der Waals surface area contributed by atoms with Crippen molar-refractivity contribution in [3.63, 3.8) is 0 Å². The van der Waals surface area contributed by atoms with Gasteiger partial charge in [-0.2, -0.15) is 0 Å². The van der Waals surface area contributed by atoms with Crippen molar-refractivity contribution >= 4 is 22.0 Å². The molecule has 0 aliphatic rings. The van der Waals surface area contributed by atoms with Crippen LogP contribution in [0, 0.1) is 12.7 Å². The molecule has 3 rings (SSSR count). The Labute approximate surface area is 158 Å². The van der Waals surface area contributed by atoms with Crippen molar-refractivity contribution in [3.05, 3.63) is 75.7 Å². The Kier molecular flexibility index (Phi) is 5.37. The van der Waals surface area contributed by atoms with Gasteiger partial charge in [0.05, 0.1) is 6.04 Å². The van der Waals surface area contributed by atoms with Gasteiger partial charge in [0.1, 0.15) is 17.3 Å². The van der Waals surface area contributed by atoms with Crippen molar-refractivity contribution in [1.82, 2.24) is 10.5 Å². The average molecular weight is 419 g/mol. The highest BCUT2D eigenvalue weighted by Gasteiger charge is 2.26. The van der Waals surface area contributed by atoms with Crippen LogP contribution in [0.25, 0.3) is 11.3 Å². The van der Waals surface area contributed by atoms with E-state index in [1.54, 1.807) is 25.1 Å². The second-order valence-electron chi connectivity index (χ2n) is 5.81. The molecule has 0 fully saturated rings. The van der Waals surface area contributed by atoms with E-state index >= 15 is 0 Å². The molecule has 3 aromatic rings. The van der Waals surface area contributed by atoms with E-state index in [1.807, 2.05) is 24.3 Å². The molecule has 0 spiro atoms. The molecule has 1 aromatic heterocycles. The molecule has 134 valence electrons. The van der Waals surface area contributed by atoms with Gasteiger partial charge in [0.15, 0.2) is 0 Å². The Bertz CT molecular complexity index is 925. The quantitative estimate of drug-likeness (QED) is 0.603. The monoisotopic (exact) mass is 418 g/mol. The molecule has 2 N–H and O–H groups in total. The molecule has 0 saturated heterocycles. The highest BCUT2D eigenvalue weighted by Crippen LogP contribution is 2.33. The highest BCUT2D eigenvalue weighted by atomic mass is 79.9. The lowest BCUT2D eigenvalue weighted by Crippen LogP contribution is -2.29. The zero-order chi connectivity index (χ0) is 18.7. The first kappa shape index (κ1) is 18.1. The van der Waals surface area contributed by atoms with Gasteiger partial charge >= 0.3 is 6.09 Å². The number of hydrogen-bond donors (Lipinski definition) is 2. The third-order valence-electron chi connectivity index (χ3n) is 4.05. The molecule has 26 heavy (non-hydrogen) atoms. The van der Waals surface area contributed by atoms with Crippen LogP contribution in [0.1, 0.15) is 22.9 Å². The summed E-state index contributed by atoms with van der Waals surface area (Å²) < 4.78 is 20.3. The Balaban J connectivity index is 2.04. The van der Waals surface area contributed by atoms with Crippen LogP contribution in [0.2, 0.25) is 0 Å². The van der Waals surface area contributed by atoms with Crippen molar-refractivity contribution in [2.75, 3.05) is 0 Å². The Morgan fingerprint density at radius 2 is 1.96 bits per heavy atom. The number of nitrogens with one attached hydrogen (secondary N) is 1. The zero-order valence-corrected chi connectivity index (χ0v) is 15.5. The van der Waals surface area contributed by atoms with E-state index in [2.05, 4.69) is 26.4 Å². The topological polar surface area (TPSA) is 75.4 Å². The van der Waals surface area contributed by atoms with E-state index < -0.39 is 12.1 Å². The second-order valence-corrected chi connectivity index (χ2v) is 6.72. The largest absolute Gasteiger partial charge is 0.465 e. The van der Waals surface area contributed by atoms with Crippen molar-refractivity contribution in [1.29, 1.82) is 0 Å². The predicted molar refractivity (Wildman–Crippen MR) is 98.4 cm³/mol. The summed E-state index contributed by atoms with van der Waals surface area (Å²) in [5.41, 5.74) is 2.32. The van der Waals surface area contributed by atoms with E-state index in [4.69, 9.17) is 4.52 Å². The maximum atomic E-state index is 14.1. The molecule has 2 aromatic carbocycles. The molecule has 0 aliphatic heterocycles. The minimum atomic E-state index is -1.20. The number of benzene rings is 2. The van der Waals surface area contributed by atoms with Gasteiger partial charge in [-0.3, -0.25) is 0 Å². The highest BCUT2D eigenvalue weighted by molar-refractivity contribution is 9.10. The van der Waals surface area contributed by atoms with Crippen LogP contribution >= 0.6 is 15.9 Å². The van der Waals surface area contributed by atoms with Crippen LogP contribution in [-0.2, 0) is 6.42 Å². The predicted octanol–water partition coefficient (Wildman–Crippen LogP) is 5.10. The Hall–Kier alpha value is -2.67. The Morgan fingerprint density at radius 1 is 1.27 bits per heavy atom. The first-order valence-corrected chi connectivity index (χ1v) is 8.70. The summed E-state index contributed by atoms with van der Waals surface area (Å²) in [6.45, 7) is 1.71. The zero-order valence-electron chi connectivity index (χ0n) is 13.9. The lowest BCUT2D eigenvalue weighted by molar-refractivity contribution is 0.189. The van der Waals surface area contributed by atoms with E-state index in [9.17, 15) is 14.3 Å². The van der Waals surface area contributed by atoms with Gasteiger partial charge in [0.25, 0.3) is 0 Å². The second kappa shape index (κ2) is 7.70. The molecule has 1 heterocycles.